The number of hydrogen-bond donors (Lipinski definition) is 1. The Labute approximate surface area is 97.7 Å². The van der Waals surface area contributed by atoms with Crippen LogP contribution in [0.15, 0.2) is 16.6 Å². The zero-order chi connectivity index (χ0) is 11.6. The third-order valence-corrected chi connectivity index (χ3v) is 2.58. The molecule has 1 aromatic rings. The predicted molar refractivity (Wildman–Crippen MR) is 62.6 cm³/mol. The van der Waals surface area contributed by atoms with Gasteiger partial charge >= 0.3 is 0 Å². The molecule has 84 valence electrons. The molecule has 4 heteroatoms. The van der Waals surface area contributed by atoms with E-state index in [2.05, 4.69) is 15.9 Å². The van der Waals surface area contributed by atoms with Crippen LogP contribution in [0, 0.1) is 5.82 Å². The fourth-order valence-corrected chi connectivity index (χ4v) is 1.71. The molecule has 2 nitrogen and oxygen atoms in total. The van der Waals surface area contributed by atoms with Gasteiger partial charge in [0.25, 0.3) is 0 Å². The summed E-state index contributed by atoms with van der Waals surface area (Å²) >= 11 is 3.11. The molecule has 0 aliphatic carbocycles. The Morgan fingerprint density at radius 1 is 1.47 bits per heavy atom. The molecule has 0 aliphatic heterocycles. The van der Waals surface area contributed by atoms with Crippen molar-refractivity contribution in [2.75, 3.05) is 7.11 Å². The first-order valence-electron chi connectivity index (χ1n) is 4.64. The first kappa shape index (κ1) is 12.5. The number of ether oxygens (including phenoxy) is 1. The van der Waals surface area contributed by atoms with E-state index in [9.17, 15) is 4.39 Å². The van der Waals surface area contributed by atoms with Crippen molar-refractivity contribution in [3.8, 4) is 5.75 Å². The quantitative estimate of drug-likeness (QED) is 0.921. The summed E-state index contributed by atoms with van der Waals surface area (Å²) in [5, 5.41) is 0. The van der Waals surface area contributed by atoms with Crippen molar-refractivity contribution in [1.82, 2.24) is 0 Å². The van der Waals surface area contributed by atoms with Gasteiger partial charge in [0.05, 0.1) is 11.6 Å². The van der Waals surface area contributed by atoms with Crippen molar-refractivity contribution in [2.45, 2.75) is 25.8 Å². The monoisotopic (exact) mass is 275 g/mol. The van der Waals surface area contributed by atoms with E-state index in [4.69, 9.17) is 10.5 Å². The molecule has 0 aromatic heterocycles. The molecule has 0 saturated heterocycles. The number of methoxy groups -OCH3 is 1. The first-order valence-corrected chi connectivity index (χ1v) is 5.43. The summed E-state index contributed by atoms with van der Waals surface area (Å²) < 4.78 is 18.9. The fraction of sp³-hybridized carbons (Fsp3) is 0.455. The minimum Gasteiger partial charge on any atom is -0.496 e. The Hall–Kier alpha value is -0.610. The highest BCUT2D eigenvalue weighted by Gasteiger charge is 2.16. The Bertz CT molecular complexity index is 360. The lowest BCUT2D eigenvalue weighted by atomic mass is 9.95. The number of rotatable bonds is 3. The van der Waals surface area contributed by atoms with Gasteiger partial charge in [0.1, 0.15) is 11.6 Å². The normalized spacial score (nSPS) is 11.6. The van der Waals surface area contributed by atoms with Gasteiger partial charge in [0, 0.05) is 5.54 Å². The summed E-state index contributed by atoms with van der Waals surface area (Å²) in [5.74, 6) is 0.358. The molecule has 0 saturated carbocycles. The fourth-order valence-electron chi connectivity index (χ4n) is 1.39. The summed E-state index contributed by atoms with van der Waals surface area (Å²) in [6.45, 7) is 3.79. The molecule has 0 fully saturated rings. The molecule has 0 bridgehead atoms. The molecule has 0 amide bonds. The topological polar surface area (TPSA) is 35.2 Å². The molecular formula is C11H15BrFNO. The summed E-state index contributed by atoms with van der Waals surface area (Å²) in [6, 6.07) is 3.08. The number of nitrogens with two attached hydrogens (primary N) is 1. The van der Waals surface area contributed by atoms with Gasteiger partial charge in [-0.15, -0.1) is 0 Å². The predicted octanol–water partition coefficient (Wildman–Crippen LogP) is 2.88. The summed E-state index contributed by atoms with van der Waals surface area (Å²) in [7, 11) is 1.56. The molecule has 0 heterocycles. The van der Waals surface area contributed by atoms with E-state index in [0.717, 1.165) is 5.56 Å². The zero-order valence-electron chi connectivity index (χ0n) is 9.10. The molecule has 1 rings (SSSR count). The van der Waals surface area contributed by atoms with Crippen LogP contribution in [0.3, 0.4) is 0 Å². The maximum Gasteiger partial charge on any atom is 0.137 e. The number of benzene rings is 1. The Kier molecular flexibility index (Phi) is 3.73. The van der Waals surface area contributed by atoms with Crippen LogP contribution in [0.1, 0.15) is 19.4 Å². The van der Waals surface area contributed by atoms with Crippen molar-refractivity contribution in [3.05, 3.63) is 28.0 Å². The van der Waals surface area contributed by atoms with Crippen LogP contribution in [0.5, 0.6) is 5.75 Å². The highest BCUT2D eigenvalue weighted by Crippen LogP contribution is 2.28. The van der Waals surface area contributed by atoms with E-state index in [1.165, 1.54) is 6.07 Å². The van der Waals surface area contributed by atoms with E-state index in [-0.39, 0.29) is 11.4 Å². The van der Waals surface area contributed by atoms with Crippen LogP contribution >= 0.6 is 15.9 Å². The molecule has 0 atom stereocenters. The molecule has 2 N–H and O–H groups in total. The Balaban J connectivity index is 3.11. The second-order valence-corrected chi connectivity index (χ2v) is 5.10. The lowest BCUT2D eigenvalue weighted by Gasteiger charge is -2.20. The minimum absolute atomic E-state index is 0.296. The van der Waals surface area contributed by atoms with Gasteiger partial charge in [-0.05, 0) is 53.9 Å². The van der Waals surface area contributed by atoms with Gasteiger partial charge in [-0.1, -0.05) is 0 Å². The molecule has 1 aromatic carbocycles. The lowest BCUT2D eigenvalue weighted by Crippen LogP contribution is -2.34. The van der Waals surface area contributed by atoms with Gasteiger partial charge < -0.3 is 10.5 Å². The largest absolute Gasteiger partial charge is 0.496 e. The zero-order valence-corrected chi connectivity index (χ0v) is 10.7. The molecule has 0 aliphatic rings. The minimum atomic E-state index is -0.381. The van der Waals surface area contributed by atoms with Crippen molar-refractivity contribution in [1.29, 1.82) is 0 Å². The summed E-state index contributed by atoms with van der Waals surface area (Å²) in [5.41, 5.74) is 6.29. The second kappa shape index (κ2) is 4.49. The van der Waals surface area contributed by atoms with Gasteiger partial charge in [0.2, 0.25) is 0 Å². The van der Waals surface area contributed by atoms with Gasteiger partial charge in [-0.3, -0.25) is 0 Å². The lowest BCUT2D eigenvalue weighted by molar-refractivity contribution is 0.400. The van der Waals surface area contributed by atoms with Crippen LogP contribution < -0.4 is 10.5 Å². The summed E-state index contributed by atoms with van der Waals surface area (Å²) in [6.07, 6.45) is 0.570. The van der Waals surface area contributed by atoms with Crippen molar-refractivity contribution in [3.63, 3.8) is 0 Å². The van der Waals surface area contributed by atoms with Crippen molar-refractivity contribution >= 4 is 15.9 Å². The number of hydrogen-bond acceptors (Lipinski definition) is 2. The van der Waals surface area contributed by atoms with E-state index >= 15 is 0 Å². The average molecular weight is 276 g/mol. The highest BCUT2D eigenvalue weighted by molar-refractivity contribution is 9.10. The van der Waals surface area contributed by atoms with E-state index in [1.54, 1.807) is 13.2 Å². The van der Waals surface area contributed by atoms with Crippen LogP contribution in [-0.2, 0) is 6.42 Å². The van der Waals surface area contributed by atoms with E-state index in [1.807, 2.05) is 13.8 Å². The highest BCUT2D eigenvalue weighted by atomic mass is 79.9. The van der Waals surface area contributed by atoms with E-state index < -0.39 is 0 Å². The maximum absolute atomic E-state index is 13.3. The second-order valence-electron chi connectivity index (χ2n) is 4.24. The molecular weight excluding hydrogens is 261 g/mol. The van der Waals surface area contributed by atoms with Gasteiger partial charge in [-0.2, -0.15) is 0 Å². The first-order chi connectivity index (χ1) is 6.83. The smallest absolute Gasteiger partial charge is 0.137 e. The van der Waals surface area contributed by atoms with Crippen LogP contribution in [0.2, 0.25) is 0 Å². The third-order valence-electron chi connectivity index (χ3n) is 1.97. The van der Waals surface area contributed by atoms with Crippen LogP contribution in [0.25, 0.3) is 0 Å². The Morgan fingerprint density at radius 3 is 2.53 bits per heavy atom. The van der Waals surface area contributed by atoms with E-state index in [0.29, 0.717) is 16.6 Å². The molecule has 0 spiro atoms. The molecule has 0 unspecified atom stereocenters. The van der Waals surface area contributed by atoms with Gasteiger partial charge in [0.15, 0.2) is 0 Å². The van der Waals surface area contributed by atoms with Crippen LogP contribution in [-0.4, -0.2) is 12.6 Å². The molecule has 0 radical (unpaired) electrons. The third kappa shape index (κ3) is 3.47. The molecule has 15 heavy (non-hydrogen) atoms. The van der Waals surface area contributed by atoms with Crippen LogP contribution in [0.4, 0.5) is 4.39 Å². The van der Waals surface area contributed by atoms with Crippen molar-refractivity contribution in [2.24, 2.45) is 5.73 Å². The Morgan fingerprint density at radius 2 is 2.07 bits per heavy atom. The standard InChI is InChI=1S/C11H15BrFNO/c1-11(2,14)6-7-4-9(13)8(12)5-10(7)15-3/h4-5H,6,14H2,1-3H3. The van der Waals surface area contributed by atoms with Crippen molar-refractivity contribution < 1.29 is 9.13 Å². The summed E-state index contributed by atoms with van der Waals surface area (Å²) in [4.78, 5) is 0. The number of halogens is 2. The average Bonchev–Trinajstić information content (AvgIpc) is 2.08. The van der Waals surface area contributed by atoms with Gasteiger partial charge in [-0.25, -0.2) is 4.39 Å². The SMILES string of the molecule is COc1cc(Br)c(F)cc1CC(C)(C)N. The maximum atomic E-state index is 13.3.